The van der Waals surface area contributed by atoms with Crippen LogP contribution in [0.5, 0.6) is 0 Å². The summed E-state index contributed by atoms with van der Waals surface area (Å²) in [5.74, 6) is -0.348. The predicted molar refractivity (Wildman–Crippen MR) is 69.2 cm³/mol. The van der Waals surface area contributed by atoms with Gasteiger partial charge in [-0.3, -0.25) is 9.59 Å². The van der Waals surface area contributed by atoms with Crippen LogP contribution in [0.4, 0.5) is 0 Å². The van der Waals surface area contributed by atoms with Gasteiger partial charge in [-0.2, -0.15) is 0 Å². The van der Waals surface area contributed by atoms with E-state index >= 15 is 0 Å². The molecular formula is C14H19NO3. The van der Waals surface area contributed by atoms with Gasteiger partial charge in [-0.1, -0.05) is 38.1 Å². The number of carbonyl (C=O) groups is 2. The van der Waals surface area contributed by atoms with Gasteiger partial charge in [0.05, 0.1) is 12.5 Å². The summed E-state index contributed by atoms with van der Waals surface area (Å²) in [6, 6.07) is 7.25. The SMILES string of the molecule is CC(C)Cc1ccc([C@@H](CC(=O)O)NC=O)cc1. The van der Waals surface area contributed by atoms with E-state index in [0.29, 0.717) is 12.3 Å². The predicted octanol–water partition coefficient (Wildman–Crippen LogP) is 2.15. The molecule has 0 saturated carbocycles. The summed E-state index contributed by atoms with van der Waals surface area (Å²) in [5.41, 5.74) is 2.03. The molecule has 1 aromatic rings. The Labute approximate surface area is 107 Å². The number of carbonyl (C=O) groups excluding carboxylic acids is 1. The van der Waals surface area contributed by atoms with E-state index in [1.165, 1.54) is 5.56 Å². The number of nitrogens with one attached hydrogen (secondary N) is 1. The minimum atomic E-state index is -0.930. The number of carboxylic acid groups (broad SMARTS) is 1. The number of benzene rings is 1. The fraction of sp³-hybridized carbons (Fsp3) is 0.429. The van der Waals surface area contributed by atoms with E-state index in [1.807, 2.05) is 24.3 Å². The number of aliphatic carboxylic acids is 1. The minimum Gasteiger partial charge on any atom is -0.481 e. The molecule has 0 unspecified atom stereocenters. The number of carboxylic acids is 1. The molecule has 0 spiro atoms. The molecule has 1 amide bonds. The van der Waals surface area contributed by atoms with Gasteiger partial charge in [-0.15, -0.1) is 0 Å². The first kappa shape index (κ1) is 14.2. The third kappa shape index (κ3) is 4.57. The van der Waals surface area contributed by atoms with Gasteiger partial charge in [0.2, 0.25) is 6.41 Å². The average molecular weight is 249 g/mol. The summed E-state index contributed by atoms with van der Waals surface area (Å²) in [7, 11) is 0. The van der Waals surface area contributed by atoms with E-state index in [1.54, 1.807) is 0 Å². The third-order valence-electron chi connectivity index (χ3n) is 2.67. The number of hydrogen-bond acceptors (Lipinski definition) is 2. The van der Waals surface area contributed by atoms with Crippen LogP contribution in [-0.4, -0.2) is 17.5 Å². The highest BCUT2D eigenvalue weighted by molar-refractivity contribution is 5.68. The van der Waals surface area contributed by atoms with E-state index in [0.717, 1.165) is 12.0 Å². The van der Waals surface area contributed by atoms with Gasteiger partial charge < -0.3 is 10.4 Å². The van der Waals surface area contributed by atoms with Crippen LogP contribution in [0.3, 0.4) is 0 Å². The smallest absolute Gasteiger partial charge is 0.305 e. The van der Waals surface area contributed by atoms with Crippen molar-refractivity contribution in [1.82, 2.24) is 5.32 Å². The summed E-state index contributed by atoms with van der Waals surface area (Å²) in [6.07, 6.45) is 1.42. The van der Waals surface area contributed by atoms with E-state index in [2.05, 4.69) is 19.2 Å². The quantitative estimate of drug-likeness (QED) is 0.728. The second-order valence-corrected chi connectivity index (χ2v) is 4.77. The lowest BCUT2D eigenvalue weighted by atomic mass is 9.98. The molecule has 0 aliphatic heterocycles. The van der Waals surface area contributed by atoms with Crippen molar-refractivity contribution >= 4 is 12.4 Å². The van der Waals surface area contributed by atoms with E-state index in [9.17, 15) is 9.59 Å². The summed E-state index contributed by atoms with van der Waals surface area (Å²) in [6.45, 7) is 4.30. The van der Waals surface area contributed by atoms with Crippen LogP contribution < -0.4 is 5.32 Å². The highest BCUT2D eigenvalue weighted by Gasteiger charge is 2.14. The molecule has 1 aromatic carbocycles. The molecule has 0 aliphatic carbocycles. The Morgan fingerprint density at radius 2 is 1.94 bits per heavy atom. The highest BCUT2D eigenvalue weighted by atomic mass is 16.4. The van der Waals surface area contributed by atoms with Crippen molar-refractivity contribution in [2.24, 2.45) is 5.92 Å². The van der Waals surface area contributed by atoms with Crippen molar-refractivity contribution in [2.75, 3.05) is 0 Å². The molecule has 0 heterocycles. The molecule has 0 aromatic heterocycles. The largest absolute Gasteiger partial charge is 0.481 e. The minimum absolute atomic E-state index is 0.109. The van der Waals surface area contributed by atoms with Gasteiger partial charge in [0.15, 0.2) is 0 Å². The van der Waals surface area contributed by atoms with Gasteiger partial charge in [-0.25, -0.2) is 0 Å². The number of rotatable bonds is 7. The Morgan fingerprint density at radius 3 is 2.39 bits per heavy atom. The van der Waals surface area contributed by atoms with E-state index in [-0.39, 0.29) is 6.42 Å². The third-order valence-corrected chi connectivity index (χ3v) is 2.67. The Morgan fingerprint density at radius 1 is 1.33 bits per heavy atom. The lowest BCUT2D eigenvalue weighted by Gasteiger charge is -2.15. The molecule has 4 nitrogen and oxygen atoms in total. The molecule has 4 heteroatoms. The highest BCUT2D eigenvalue weighted by Crippen LogP contribution is 2.18. The zero-order valence-electron chi connectivity index (χ0n) is 10.7. The molecule has 1 rings (SSSR count). The Balaban J connectivity index is 2.79. The molecule has 0 saturated heterocycles. The number of amides is 1. The molecule has 0 fully saturated rings. The zero-order valence-corrected chi connectivity index (χ0v) is 10.7. The molecule has 0 aliphatic rings. The molecule has 2 N–H and O–H groups in total. The van der Waals surface area contributed by atoms with Crippen molar-refractivity contribution in [3.63, 3.8) is 0 Å². The van der Waals surface area contributed by atoms with Crippen LogP contribution in [0.2, 0.25) is 0 Å². The van der Waals surface area contributed by atoms with Gasteiger partial charge in [0.25, 0.3) is 0 Å². The van der Waals surface area contributed by atoms with Crippen LogP contribution in [0.25, 0.3) is 0 Å². The molecular weight excluding hydrogens is 230 g/mol. The molecule has 1 atom stereocenters. The normalized spacial score (nSPS) is 12.2. The van der Waals surface area contributed by atoms with Gasteiger partial charge in [-0.05, 0) is 23.5 Å². The molecule has 18 heavy (non-hydrogen) atoms. The molecule has 98 valence electrons. The van der Waals surface area contributed by atoms with Gasteiger partial charge >= 0.3 is 5.97 Å². The summed E-state index contributed by atoms with van der Waals surface area (Å²) < 4.78 is 0. The maximum absolute atomic E-state index is 10.7. The first-order valence-electron chi connectivity index (χ1n) is 6.03. The van der Waals surface area contributed by atoms with Crippen LogP contribution >= 0.6 is 0 Å². The second-order valence-electron chi connectivity index (χ2n) is 4.77. The van der Waals surface area contributed by atoms with Crippen LogP contribution in [-0.2, 0) is 16.0 Å². The van der Waals surface area contributed by atoms with Crippen molar-refractivity contribution < 1.29 is 14.7 Å². The summed E-state index contributed by atoms with van der Waals surface area (Å²) >= 11 is 0. The van der Waals surface area contributed by atoms with Crippen molar-refractivity contribution in [1.29, 1.82) is 0 Å². The maximum Gasteiger partial charge on any atom is 0.305 e. The average Bonchev–Trinajstić information content (AvgIpc) is 2.28. The van der Waals surface area contributed by atoms with Crippen molar-refractivity contribution in [3.05, 3.63) is 35.4 Å². The van der Waals surface area contributed by atoms with Gasteiger partial charge in [0, 0.05) is 0 Å². The summed E-state index contributed by atoms with van der Waals surface area (Å²) in [4.78, 5) is 21.2. The monoisotopic (exact) mass is 249 g/mol. The standard InChI is InChI=1S/C14H19NO3/c1-10(2)7-11-3-5-12(6-4-11)13(15-9-16)8-14(17)18/h3-6,9-10,13H,7-8H2,1-2H3,(H,15,16)(H,17,18)/t13-/m1/s1. The first-order valence-corrected chi connectivity index (χ1v) is 6.03. The van der Waals surface area contributed by atoms with Crippen LogP contribution in [0, 0.1) is 5.92 Å². The second kappa shape index (κ2) is 6.79. The summed E-state index contributed by atoms with van der Waals surface area (Å²) in [5, 5.41) is 11.3. The fourth-order valence-electron chi connectivity index (χ4n) is 1.89. The first-order chi connectivity index (χ1) is 8.52. The van der Waals surface area contributed by atoms with Crippen molar-refractivity contribution in [3.8, 4) is 0 Å². The molecule has 0 bridgehead atoms. The van der Waals surface area contributed by atoms with Crippen LogP contribution in [0.15, 0.2) is 24.3 Å². The van der Waals surface area contributed by atoms with E-state index in [4.69, 9.17) is 5.11 Å². The van der Waals surface area contributed by atoms with E-state index < -0.39 is 12.0 Å². The van der Waals surface area contributed by atoms with Crippen LogP contribution in [0.1, 0.15) is 37.4 Å². The lowest BCUT2D eigenvalue weighted by molar-refractivity contribution is -0.137. The Bertz CT molecular complexity index is 398. The Kier molecular flexibility index (Phi) is 5.36. The zero-order chi connectivity index (χ0) is 13.5. The molecule has 0 radical (unpaired) electrons. The van der Waals surface area contributed by atoms with Gasteiger partial charge in [0.1, 0.15) is 0 Å². The Hall–Kier alpha value is -1.84. The lowest BCUT2D eigenvalue weighted by Crippen LogP contribution is -2.22. The van der Waals surface area contributed by atoms with Crippen molar-refractivity contribution in [2.45, 2.75) is 32.7 Å². The maximum atomic E-state index is 10.7. The fourth-order valence-corrected chi connectivity index (χ4v) is 1.89. The number of hydrogen-bond donors (Lipinski definition) is 2. The topological polar surface area (TPSA) is 66.4 Å².